The highest BCUT2D eigenvalue weighted by molar-refractivity contribution is 7.26. The van der Waals surface area contributed by atoms with Crippen molar-refractivity contribution in [2.75, 3.05) is 0 Å². The lowest BCUT2D eigenvalue weighted by molar-refractivity contribution is 1.18. The van der Waals surface area contributed by atoms with Gasteiger partial charge in [-0.2, -0.15) is 0 Å². The average molecular weight is 1430 g/mol. The number of fused-ring (bicyclic) bond motifs is 18. The van der Waals surface area contributed by atoms with Gasteiger partial charge in [0.2, 0.25) is 0 Å². The van der Waals surface area contributed by atoms with Gasteiger partial charge in [0, 0.05) is 73.7 Å². The Morgan fingerprint density at radius 1 is 0.127 bits per heavy atom. The molecule has 6 heteroatoms. The quantitative estimate of drug-likeness (QED) is 0.121. The molecule has 110 heavy (non-hydrogen) atoms. The molecule has 0 atom stereocenters. The summed E-state index contributed by atoms with van der Waals surface area (Å²) in [5.74, 6) is 1.39. The fourth-order valence-electron chi connectivity index (χ4n) is 16.7. The van der Waals surface area contributed by atoms with Gasteiger partial charge >= 0.3 is 0 Å². The van der Waals surface area contributed by atoms with E-state index in [2.05, 4.69) is 340 Å². The van der Waals surface area contributed by atoms with Gasteiger partial charge in [0.05, 0.1) is 22.8 Å². The summed E-state index contributed by atoms with van der Waals surface area (Å²) in [6, 6.07) is 137. The van der Waals surface area contributed by atoms with E-state index in [9.17, 15) is 0 Å². The minimum Gasteiger partial charge on any atom is -0.228 e. The monoisotopic (exact) mass is 1430 g/mol. The third kappa shape index (κ3) is 11.0. The van der Waals surface area contributed by atoms with Crippen molar-refractivity contribution in [3.05, 3.63) is 376 Å². The maximum absolute atomic E-state index is 5.22. The van der Waals surface area contributed by atoms with Crippen LogP contribution in [0.25, 0.3) is 228 Å². The van der Waals surface area contributed by atoms with Crippen LogP contribution < -0.4 is 0 Å². The smallest absolute Gasteiger partial charge is 0.160 e. The van der Waals surface area contributed by atoms with E-state index in [1.165, 1.54) is 138 Å². The predicted octanol–water partition coefficient (Wildman–Crippen LogP) is 29.3. The Balaban J connectivity index is 0.540. The fraction of sp³-hybridized carbons (Fsp3) is 0. The van der Waals surface area contributed by atoms with Crippen molar-refractivity contribution in [1.29, 1.82) is 0 Å². The molecule has 0 amide bonds. The van der Waals surface area contributed by atoms with Crippen LogP contribution in [-0.2, 0) is 0 Å². The Morgan fingerprint density at radius 2 is 0.355 bits per heavy atom. The van der Waals surface area contributed by atoms with Gasteiger partial charge in [-0.1, -0.05) is 315 Å². The number of nitrogens with zero attached hydrogens (tertiary/aromatic N) is 4. The summed E-state index contributed by atoms with van der Waals surface area (Å²) in [7, 11) is 0. The van der Waals surface area contributed by atoms with Gasteiger partial charge < -0.3 is 0 Å². The van der Waals surface area contributed by atoms with E-state index >= 15 is 0 Å². The first-order valence-corrected chi connectivity index (χ1v) is 39.0. The zero-order chi connectivity index (χ0) is 72.3. The summed E-state index contributed by atoms with van der Waals surface area (Å²) in [4.78, 5) is 20.8. The Kier molecular flexibility index (Phi) is 15.0. The van der Waals surface area contributed by atoms with Crippen LogP contribution in [-0.4, -0.2) is 19.9 Å². The van der Waals surface area contributed by atoms with Gasteiger partial charge in [-0.15, -0.1) is 22.7 Å². The molecule has 0 saturated heterocycles. The molecule has 0 aliphatic rings. The molecule has 0 unspecified atom stereocenters. The number of thiophene rings is 2. The Hall–Kier alpha value is -13.9. The van der Waals surface area contributed by atoms with Crippen LogP contribution >= 0.6 is 22.7 Å². The van der Waals surface area contributed by atoms with Gasteiger partial charge in [0.1, 0.15) is 0 Å². The predicted molar refractivity (Wildman–Crippen MR) is 468 cm³/mol. The van der Waals surface area contributed by atoms with Crippen LogP contribution in [0.15, 0.2) is 376 Å². The van der Waals surface area contributed by atoms with Gasteiger partial charge in [0.15, 0.2) is 11.6 Å². The largest absolute Gasteiger partial charge is 0.228 e. The number of aromatic nitrogens is 4. The SMILES string of the molecule is c1ccc(-c2nc(-c3ccc(-c4ccc5c(c4)sc4cc(-c6ccc7c8ccccc8c8cc(-c9ccc(-c%10cc(-c%11ccc(-c%12ccc%13sc%14ccccc%14c%13c%12)cc%11)nc(-c%11ccccc%11)n%10)cc9)ccc8c7c6)ccc45)cc3)cc(-c3ccc(-c4ccc5c6ccccc6c6ccccc6c5c4)cc3)n2)cc1. The second-order valence-electron chi connectivity index (χ2n) is 28.7. The van der Waals surface area contributed by atoms with Crippen molar-refractivity contribution in [2.24, 2.45) is 0 Å². The topological polar surface area (TPSA) is 51.6 Å². The summed E-state index contributed by atoms with van der Waals surface area (Å²) in [6.45, 7) is 0. The zero-order valence-corrected chi connectivity index (χ0v) is 61.0. The van der Waals surface area contributed by atoms with Crippen molar-refractivity contribution >= 4 is 128 Å². The summed E-state index contributed by atoms with van der Waals surface area (Å²) in [6.07, 6.45) is 0. The van der Waals surface area contributed by atoms with E-state index < -0.39 is 0 Å². The van der Waals surface area contributed by atoms with Crippen LogP contribution in [0.3, 0.4) is 0 Å². The highest BCUT2D eigenvalue weighted by atomic mass is 32.1. The van der Waals surface area contributed by atoms with Crippen LogP contribution in [0, 0.1) is 0 Å². The molecule has 18 aromatic carbocycles. The van der Waals surface area contributed by atoms with E-state index in [4.69, 9.17) is 19.9 Å². The van der Waals surface area contributed by atoms with Crippen molar-refractivity contribution in [3.63, 3.8) is 0 Å². The van der Waals surface area contributed by atoms with Crippen molar-refractivity contribution in [2.45, 2.75) is 0 Å². The van der Waals surface area contributed by atoms with Gasteiger partial charge in [-0.3, -0.25) is 0 Å². The molecule has 0 aliphatic heterocycles. The lowest BCUT2D eigenvalue weighted by atomic mass is 9.90. The maximum atomic E-state index is 5.22. The lowest BCUT2D eigenvalue weighted by Gasteiger charge is -2.14. The summed E-state index contributed by atoms with van der Waals surface area (Å²) < 4.78 is 5.15. The minimum absolute atomic E-state index is 0.694. The Morgan fingerprint density at radius 3 is 0.736 bits per heavy atom. The average Bonchev–Trinajstić information content (AvgIpc) is 1.68. The molecule has 22 aromatic rings. The minimum atomic E-state index is 0.694. The molecule has 4 heterocycles. The second-order valence-corrected chi connectivity index (χ2v) is 30.9. The number of hydrogen-bond acceptors (Lipinski definition) is 6. The molecule has 4 nitrogen and oxygen atoms in total. The van der Waals surface area contributed by atoms with Gasteiger partial charge in [-0.25, -0.2) is 19.9 Å². The highest BCUT2D eigenvalue weighted by Crippen LogP contribution is 2.45. The maximum Gasteiger partial charge on any atom is 0.160 e. The number of benzene rings is 18. The van der Waals surface area contributed by atoms with Crippen molar-refractivity contribution in [1.82, 2.24) is 19.9 Å². The van der Waals surface area contributed by atoms with E-state index in [0.717, 1.165) is 78.4 Å². The Bertz CT molecular complexity index is 7440. The van der Waals surface area contributed by atoms with Crippen molar-refractivity contribution < 1.29 is 0 Å². The molecule has 22 rings (SSSR count). The molecule has 0 N–H and O–H groups in total. The number of hydrogen-bond donors (Lipinski definition) is 0. The van der Waals surface area contributed by atoms with E-state index in [-0.39, 0.29) is 0 Å². The molecule has 0 aliphatic carbocycles. The molecule has 0 fully saturated rings. The van der Waals surface area contributed by atoms with E-state index in [0.29, 0.717) is 11.6 Å². The van der Waals surface area contributed by atoms with Gasteiger partial charge in [-0.05, 0) is 181 Å². The standard InChI is InChI=1S/C104H62N4S2/c1-3-15-71(16-4-1)103-105-95(61-97(107-103)69-39-31-65(32-40-69)75-48-54-100-94(58-75)88-25-13-14-26-99(88)109-100)68-37-29-64(30-38-68)74-44-51-87-92(56-74)84-24-12-10-22-82(84)86-50-45-76(57-93(86)87)78-47-53-90-89-52-46-77(59-101(89)110-102(90)60-78)66-33-41-70(42-34-66)98-62-96(106-104(108-98)72-17-5-2-6-18-72)67-35-27-63(28-36-67)73-43-49-85-81-21-8-7-19-79(81)80-20-9-11-23-83(80)91(85)55-73/h1-62H. The molecule has 510 valence electrons. The summed E-state index contributed by atoms with van der Waals surface area (Å²) in [5.41, 5.74) is 21.3. The molecule has 0 saturated carbocycles. The molecular weight excluding hydrogens is 1370 g/mol. The fourth-order valence-corrected chi connectivity index (χ4v) is 19.0. The summed E-state index contributed by atoms with van der Waals surface area (Å²) in [5, 5.41) is 20.2. The highest BCUT2D eigenvalue weighted by Gasteiger charge is 2.19. The Labute approximate surface area is 642 Å². The van der Waals surface area contributed by atoms with E-state index in [1.807, 2.05) is 59.1 Å². The first-order chi connectivity index (χ1) is 54.4. The first-order valence-electron chi connectivity index (χ1n) is 37.4. The van der Waals surface area contributed by atoms with Crippen LogP contribution in [0.5, 0.6) is 0 Å². The lowest BCUT2D eigenvalue weighted by Crippen LogP contribution is -1.96. The van der Waals surface area contributed by atoms with Gasteiger partial charge in [0.25, 0.3) is 0 Å². The summed E-state index contributed by atoms with van der Waals surface area (Å²) >= 11 is 3.71. The normalized spacial score (nSPS) is 11.8. The van der Waals surface area contributed by atoms with E-state index in [1.54, 1.807) is 0 Å². The molecule has 0 radical (unpaired) electrons. The van der Waals surface area contributed by atoms with Crippen LogP contribution in [0.4, 0.5) is 0 Å². The first kappa shape index (κ1) is 63.4. The molecular formula is C104H62N4S2. The zero-order valence-electron chi connectivity index (χ0n) is 59.4. The van der Waals surface area contributed by atoms with Crippen molar-refractivity contribution in [3.8, 4) is 123 Å². The third-order valence-electron chi connectivity index (χ3n) is 22.3. The van der Waals surface area contributed by atoms with Crippen LogP contribution in [0.2, 0.25) is 0 Å². The number of rotatable bonds is 11. The molecule has 0 spiro atoms. The van der Waals surface area contributed by atoms with Crippen LogP contribution in [0.1, 0.15) is 0 Å². The third-order valence-corrected chi connectivity index (χ3v) is 24.6. The molecule has 0 bridgehead atoms. The molecule has 4 aromatic heterocycles. The second kappa shape index (κ2) is 26.0.